The van der Waals surface area contributed by atoms with E-state index in [-0.39, 0.29) is 29.3 Å². The maximum absolute atomic E-state index is 14.0. The molecular formula is C30H37BrN4O2. The first-order valence-electron chi connectivity index (χ1n) is 13.3. The molecule has 2 fully saturated rings. The number of fused-ring (bicyclic) bond motifs is 7. The minimum absolute atomic E-state index is 0.151. The van der Waals surface area contributed by atoms with Crippen LogP contribution in [-0.4, -0.2) is 67.6 Å². The molecule has 2 aromatic rings. The molecule has 0 bridgehead atoms. The van der Waals surface area contributed by atoms with Gasteiger partial charge in [-0.2, -0.15) is 0 Å². The van der Waals surface area contributed by atoms with Gasteiger partial charge in [0.2, 0.25) is 0 Å². The molecule has 4 aliphatic heterocycles. The normalized spacial score (nSPS) is 30.8. The van der Waals surface area contributed by atoms with Crippen molar-refractivity contribution >= 4 is 33.4 Å². The Balaban J connectivity index is 1.65. The summed E-state index contributed by atoms with van der Waals surface area (Å²) in [5, 5.41) is 0. The fraction of sp³-hybridized carbons (Fsp3) is 0.500. The topological polar surface area (TPSA) is 39.3 Å². The number of rotatable bonds is 3. The van der Waals surface area contributed by atoms with Crippen LogP contribution in [0.3, 0.4) is 0 Å². The zero-order valence-electron chi connectivity index (χ0n) is 22.5. The summed E-state index contributed by atoms with van der Waals surface area (Å²) in [7, 11) is 4.41. The van der Waals surface area contributed by atoms with Crippen LogP contribution in [0.15, 0.2) is 59.6 Å². The lowest BCUT2D eigenvalue weighted by molar-refractivity contribution is 0.0488. The fourth-order valence-electron chi connectivity index (χ4n) is 8.13. The molecule has 1 amide bonds. The minimum Gasteiger partial charge on any atom is -0.443 e. The van der Waals surface area contributed by atoms with Crippen LogP contribution in [0.5, 0.6) is 0 Å². The lowest BCUT2D eigenvalue weighted by Gasteiger charge is -2.50. The first-order chi connectivity index (χ1) is 17.6. The number of hydrogen-bond acceptors (Lipinski definition) is 5. The molecule has 196 valence electrons. The van der Waals surface area contributed by atoms with Crippen LogP contribution in [0.1, 0.15) is 44.7 Å². The predicted octanol–water partition coefficient (Wildman–Crippen LogP) is 5.71. The fourth-order valence-corrected chi connectivity index (χ4v) is 8.69. The highest BCUT2D eigenvalue weighted by Crippen LogP contribution is 2.69. The highest BCUT2D eigenvalue weighted by molar-refractivity contribution is 9.10. The Morgan fingerprint density at radius 3 is 2.32 bits per heavy atom. The summed E-state index contributed by atoms with van der Waals surface area (Å²) in [6.07, 6.45) is 3.74. The first-order valence-corrected chi connectivity index (χ1v) is 14.1. The van der Waals surface area contributed by atoms with Crippen LogP contribution in [0.2, 0.25) is 0 Å². The van der Waals surface area contributed by atoms with E-state index >= 15 is 0 Å². The van der Waals surface area contributed by atoms with E-state index < -0.39 is 5.60 Å². The van der Waals surface area contributed by atoms with Gasteiger partial charge in [-0.3, -0.25) is 14.7 Å². The number of likely N-dealkylation sites (N-methyl/N-ethyl adjacent to an activating group) is 2. The quantitative estimate of drug-likeness (QED) is 0.446. The Morgan fingerprint density at radius 2 is 1.65 bits per heavy atom. The van der Waals surface area contributed by atoms with Gasteiger partial charge in [-0.1, -0.05) is 36.4 Å². The van der Waals surface area contributed by atoms with Crippen molar-refractivity contribution in [3.8, 4) is 0 Å². The van der Waals surface area contributed by atoms with Gasteiger partial charge in [0.1, 0.15) is 11.8 Å². The number of likely N-dealkylation sites (tertiary alicyclic amines) is 2. The number of nitrogens with zero attached hydrogens (tertiary/aromatic N) is 4. The molecular weight excluding hydrogens is 528 g/mol. The standard InChI is InChI=1S/C30H37BrN4O2/c1-7-17-34-23-14-9-8-11-20(23)29(15-18-32(5)25(29)34)30-16-19-33(6)26(30)35(27(36)37-28(2,3)4)24-21(30)12-10-13-22(24)31/h7-14,25-26H,1,15-19H2,2-6H3/t25-,26+,29-,30+/m0/s1. The number of carbonyl (C=O) groups is 1. The largest absolute Gasteiger partial charge is 0.443 e. The lowest BCUT2D eigenvalue weighted by atomic mass is 9.55. The zero-order chi connectivity index (χ0) is 26.3. The Labute approximate surface area is 229 Å². The van der Waals surface area contributed by atoms with E-state index in [4.69, 9.17) is 4.74 Å². The molecule has 0 radical (unpaired) electrons. The molecule has 0 unspecified atom stereocenters. The van der Waals surface area contributed by atoms with E-state index in [1.54, 1.807) is 0 Å². The van der Waals surface area contributed by atoms with Gasteiger partial charge < -0.3 is 9.64 Å². The highest BCUT2D eigenvalue weighted by Gasteiger charge is 2.74. The van der Waals surface area contributed by atoms with Crippen LogP contribution >= 0.6 is 15.9 Å². The van der Waals surface area contributed by atoms with Crippen molar-refractivity contribution in [2.75, 3.05) is 43.5 Å². The molecule has 37 heavy (non-hydrogen) atoms. The molecule has 4 heterocycles. The lowest BCUT2D eigenvalue weighted by Crippen LogP contribution is -2.64. The van der Waals surface area contributed by atoms with E-state index in [9.17, 15) is 4.79 Å². The molecule has 0 saturated carbocycles. The van der Waals surface area contributed by atoms with Crippen LogP contribution in [0, 0.1) is 0 Å². The van der Waals surface area contributed by atoms with Gasteiger partial charge in [0.05, 0.1) is 11.9 Å². The van der Waals surface area contributed by atoms with E-state index in [0.717, 1.165) is 42.6 Å². The molecule has 6 rings (SSSR count). The van der Waals surface area contributed by atoms with Gasteiger partial charge in [0, 0.05) is 40.6 Å². The summed E-state index contributed by atoms with van der Waals surface area (Å²) >= 11 is 3.85. The van der Waals surface area contributed by atoms with Crippen molar-refractivity contribution in [3.63, 3.8) is 0 Å². The summed E-state index contributed by atoms with van der Waals surface area (Å²) in [4.78, 5) is 23.4. The minimum atomic E-state index is -0.587. The van der Waals surface area contributed by atoms with Crippen molar-refractivity contribution in [3.05, 3.63) is 70.7 Å². The summed E-state index contributed by atoms with van der Waals surface area (Å²) in [6, 6.07) is 15.4. The Bertz CT molecular complexity index is 1270. The van der Waals surface area contributed by atoms with Gasteiger partial charge in [-0.25, -0.2) is 4.79 Å². The average Bonchev–Trinajstić information content (AvgIpc) is 3.53. The van der Waals surface area contributed by atoms with Crippen molar-refractivity contribution in [2.24, 2.45) is 0 Å². The van der Waals surface area contributed by atoms with Crippen LogP contribution < -0.4 is 9.80 Å². The van der Waals surface area contributed by atoms with Crippen molar-refractivity contribution in [1.29, 1.82) is 0 Å². The van der Waals surface area contributed by atoms with E-state index in [1.807, 2.05) is 37.8 Å². The second-order valence-electron chi connectivity index (χ2n) is 12.1. The second-order valence-corrected chi connectivity index (χ2v) is 13.0. The van der Waals surface area contributed by atoms with E-state index in [1.165, 1.54) is 16.8 Å². The van der Waals surface area contributed by atoms with Gasteiger partial charge >= 0.3 is 6.09 Å². The maximum Gasteiger partial charge on any atom is 0.416 e. The predicted molar refractivity (Wildman–Crippen MR) is 152 cm³/mol. The molecule has 0 N–H and O–H groups in total. The molecule has 4 atom stereocenters. The molecule has 6 nitrogen and oxygen atoms in total. The van der Waals surface area contributed by atoms with E-state index in [0.29, 0.717) is 0 Å². The van der Waals surface area contributed by atoms with Gasteiger partial charge in [0.15, 0.2) is 0 Å². The third kappa shape index (κ3) is 3.14. The smallest absolute Gasteiger partial charge is 0.416 e. The van der Waals surface area contributed by atoms with Gasteiger partial charge in [-0.05, 0) is 86.9 Å². The van der Waals surface area contributed by atoms with E-state index in [2.05, 4.69) is 87.7 Å². The third-order valence-electron chi connectivity index (χ3n) is 9.09. The van der Waals surface area contributed by atoms with Crippen molar-refractivity contribution in [1.82, 2.24) is 9.80 Å². The monoisotopic (exact) mass is 564 g/mol. The number of ether oxygens (including phenoxy) is 1. The number of amides is 1. The second kappa shape index (κ2) is 8.32. The van der Waals surface area contributed by atoms with Gasteiger partial charge in [-0.15, -0.1) is 6.58 Å². The number of para-hydroxylation sites is 2. The number of anilines is 2. The number of benzene rings is 2. The Morgan fingerprint density at radius 1 is 1.03 bits per heavy atom. The highest BCUT2D eigenvalue weighted by atomic mass is 79.9. The SMILES string of the molecule is C=CCN1c2ccccc2[C@@]2([C@@]34CCN(C)[C@@H]3N(C(=O)OC(C)(C)C)c3c(Br)cccc34)CCN(C)[C@@H]12. The van der Waals surface area contributed by atoms with Crippen molar-refractivity contribution in [2.45, 2.75) is 62.4 Å². The van der Waals surface area contributed by atoms with Crippen molar-refractivity contribution < 1.29 is 9.53 Å². The summed E-state index contributed by atoms with van der Waals surface area (Å²) < 4.78 is 7.00. The van der Waals surface area contributed by atoms with Crippen LogP contribution in [0.25, 0.3) is 0 Å². The van der Waals surface area contributed by atoms with Crippen LogP contribution in [-0.2, 0) is 15.6 Å². The number of hydrogen-bond donors (Lipinski definition) is 0. The number of carbonyl (C=O) groups excluding carboxylic acids is 1. The molecule has 0 aromatic heterocycles. The number of halogens is 1. The first kappa shape index (κ1) is 25.0. The maximum atomic E-state index is 14.0. The molecule has 4 aliphatic rings. The molecule has 7 heteroatoms. The zero-order valence-corrected chi connectivity index (χ0v) is 24.1. The molecule has 0 aliphatic carbocycles. The molecule has 0 spiro atoms. The molecule has 2 saturated heterocycles. The summed E-state index contributed by atoms with van der Waals surface area (Å²) in [6.45, 7) is 12.6. The Hall–Kier alpha value is -2.35. The summed E-state index contributed by atoms with van der Waals surface area (Å²) in [5.41, 5.74) is 3.78. The summed E-state index contributed by atoms with van der Waals surface area (Å²) in [5.74, 6) is 0. The third-order valence-corrected chi connectivity index (χ3v) is 9.73. The van der Waals surface area contributed by atoms with Gasteiger partial charge in [0.25, 0.3) is 0 Å². The van der Waals surface area contributed by atoms with Crippen LogP contribution in [0.4, 0.5) is 16.2 Å². The molecule has 2 aromatic carbocycles. The average molecular weight is 566 g/mol. The Kier molecular flexibility index (Phi) is 5.61.